The number of hydrogen-bond donors (Lipinski definition) is 1. The maximum Gasteiger partial charge on any atom is 0.264 e. The first-order valence-electron chi connectivity index (χ1n) is 7.48. The average molecular weight is 273 g/mol. The Balaban J connectivity index is 1.40. The van der Waals surface area contributed by atoms with Crippen LogP contribution >= 0.6 is 0 Å². The summed E-state index contributed by atoms with van der Waals surface area (Å²) >= 11 is 0. The highest BCUT2D eigenvalue weighted by Crippen LogP contribution is 2.44. The maximum absolute atomic E-state index is 12.3. The van der Waals surface area contributed by atoms with Crippen LogP contribution in [0, 0.1) is 11.8 Å². The van der Waals surface area contributed by atoms with Crippen LogP contribution < -0.4 is 14.8 Å². The normalized spacial score (nSPS) is 34.0. The number of nitrogens with one attached hydrogen (secondary N) is 1. The molecule has 3 aliphatic rings. The van der Waals surface area contributed by atoms with E-state index in [1.165, 1.54) is 19.3 Å². The molecule has 4 nitrogen and oxygen atoms in total. The summed E-state index contributed by atoms with van der Waals surface area (Å²) in [6.45, 7) is 0.295. The molecule has 0 radical (unpaired) electrons. The highest BCUT2D eigenvalue weighted by Gasteiger charge is 2.41. The Bertz CT molecular complexity index is 530. The molecule has 1 aromatic carbocycles. The van der Waals surface area contributed by atoms with Crippen LogP contribution in [-0.4, -0.2) is 24.7 Å². The van der Waals surface area contributed by atoms with E-state index in [9.17, 15) is 4.79 Å². The molecule has 4 rings (SSSR count). The van der Waals surface area contributed by atoms with Crippen molar-refractivity contribution in [2.24, 2.45) is 11.8 Å². The van der Waals surface area contributed by atoms with Crippen molar-refractivity contribution < 1.29 is 14.3 Å². The van der Waals surface area contributed by atoms with E-state index in [-0.39, 0.29) is 5.91 Å². The molecular weight excluding hydrogens is 254 g/mol. The summed E-state index contributed by atoms with van der Waals surface area (Å²) in [4.78, 5) is 12.3. The topological polar surface area (TPSA) is 47.6 Å². The predicted molar refractivity (Wildman–Crippen MR) is 73.7 cm³/mol. The van der Waals surface area contributed by atoms with Gasteiger partial charge in [-0.3, -0.25) is 4.79 Å². The quantitative estimate of drug-likeness (QED) is 0.898. The van der Waals surface area contributed by atoms with Crippen molar-refractivity contribution in [3.05, 3.63) is 24.3 Å². The summed E-state index contributed by atoms with van der Waals surface area (Å²) in [5.41, 5.74) is 0. The van der Waals surface area contributed by atoms with E-state index in [2.05, 4.69) is 5.32 Å². The van der Waals surface area contributed by atoms with Gasteiger partial charge in [0.25, 0.3) is 5.91 Å². The van der Waals surface area contributed by atoms with Crippen molar-refractivity contribution in [2.45, 2.75) is 37.8 Å². The number of ether oxygens (including phenoxy) is 2. The van der Waals surface area contributed by atoms with E-state index in [0.717, 1.165) is 18.1 Å². The molecule has 1 N–H and O–H groups in total. The molecule has 2 aliphatic carbocycles. The number of hydrogen-bond acceptors (Lipinski definition) is 3. The number of carbonyl (C=O) groups excluding carboxylic acids is 1. The Kier molecular flexibility index (Phi) is 2.83. The molecule has 4 atom stereocenters. The van der Waals surface area contributed by atoms with E-state index in [1.807, 2.05) is 24.3 Å². The maximum atomic E-state index is 12.3. The highest BCUT2D eigenvalue weighted by atomic mass is 16.6. The molecule has 1 heterocycles. The van der Waals surface area contributed by atoms with Crippen molar-refractivity contribution >= 4 is 5.91 Å². The third-order valence-corrected chi connectivity index (χ3v) is 4.87. The fourth-order valence-electron chi connectivity index (χ4n) is 3.85. The van der Waals surface area contributed by atoms with E-state index in [0.29, 0.717) is 24.3 Å². The molecule has 1 aromatic rings. The van der Waals surface area contributed by atoms with E-state index in [4.69, 9.17) is 9.47 Å². The molecule has 0 unspecified atom stereocenters. The lowest BCUT2D eigenvalue weighted by molar-refractivity contribution is -0.131. The number of amides is 1. The Morgan fingerprint density at radius 3 is 2.75 bits per heavy atom. The minimum Gasteiger partial charge on any atom is -0.485 e. The zero-order valence-electron chi connectivity index (χ0n) is 11.4. The zero-order chi connectivity index (χ0) is 13.5. The van der Waals surface area contributed by atoms with Gasteiger partial charge in [0.05, 0.1) is 0 Å². The van der Waals surface area contributed by atoms with Gasteiger partial charge in [0.2, 0.25) is 6.10 Å². The molecule has 0 spiro atoms. The fourth-order valence-corrected chi connectivity index (χ4v) is 3.85. The Morgan fingerprint density at radius 2 is 2.00 bits per heavy atom. The monoisotopic (exact) mass is 273 g/mol. The van der Waals surface area contributed by atoms with Crippen molar-refractivity contribution in [1.82, 2.24) is 5.32 Å². The van der Waals surface area contributed by atoms with E-state index >= 15 is 0 Å². The Labute approximate surface area is 118 Å². The van der Waals surface area contributed by atoms with Gasteiger partial charge in [-0.2, -0.15) is 0 Å². The van der Waals surface area contributed by atoms with Gasteiger partial charge in [-0.25, -0.2) is 0 Å². The number of benzene rings is 1. The van der Waals surface area contributed by atoms with Crippen molar-refractivity contribution in [3.8, 4) is 11.5 Å². The SMILES string of the molecule is O=C(N[C@H]1C[C@H]2CC[C@H]1C2)[C@@H]1COc2ccccc2O1. The number of para-hydroxylation sites is 2. The summed E-state index contributed by atoms with van der Waals surface area (Å²) in [5, 5.41) is 3.17. The Morgan fingerprint density at radius 1 is 1.15 bits per heavy atom. The first-order chi connectivity index (χ1) is 9.79. The minimum atomic E-state index is -0.524. The molecule has 0 saturated heterocycles. The zero-order valence-corrected chi connectivity index (χ0v) is 11.4. The number of carbonyl (C=O) groups is 1. The molecule has 0 aromatic heterocycles. The molecule has 1 amide bonds. The summed E-state index contributed by atoms with van der Waals surface area (Å²) in [6, 6.07) is 7.84. The summed E-state index contributed by atoms with van der Waals surface area (Å²) in [5.74, 6) is 2.86. The third kappa shape index (κ3) is 2.03. The van der Waals surface area contributed by atoms with Gasteiger partial charge >= 0.3 is 0 Å². The third-order valence-electron chi connectivity index (χ3n) is 4.87. The van der Waals surface area contributed by atoms with Gasteiger partial charge in [0.1, 0.15) is 6.61 Å². The fraction of sp³-hybridized carbons (Fsp3) is 0.562. The van der Waals surface area contributed by atoms with Crippen LogP contribution in [0.3, 0.4) is 0 Å². The van der Waals surface area contributed by atoms with Gasteiger partial charge in [0.15, 0.2) is 11.5 Å². The minimum absolute atomic E-state index is 0.0305. The lowest BCUT2D eigenvalue weighted by atomic mass is 9.95. The van der Waals surface area contributed by atoms with Crippen molar-refractivity contribution in [1.29, 1.82) is 0 Å². The average Bonchev–Trinajstić information content (AvgIpc) is 3.09. The number of rotatable bonds is 2. The highest BCUT2D eigenvalue weighted by molar-refractivity contribution is 5.82. The molecule has 20 heavy (non-hydrogen) atoms. The van der Waals surface area contributed by atoms with Crippen molar-refractivity contribution in [2.75, 3.05) is 6.61 Å². The lowest BCUT2D eigenvalue weighted by Gasteiger charge is -2.29. The van der Waals surface area contributed by atoms with E-state index < -0.39 is 6.10 Å². The second-order valence-electron chi connectivity index (χ2n) is 6.15. The smallest absolute Gasteiger partial charge is 0.264 e. The second-order valence-corrected chi connectivity index (χ2v) is 6.15. The first-order valence-corrected chi connectivity index (χ1v) is 7.48. The van der Waals surface area contributed by atoms with Gasteiger partial charge in [-0.05, 0) is 43.2 Å². The molecular formula is C16H19NO3. The van der Waals surface area contributed by atoms with Crippen LogP contribution in [0.5, 0.6) is 11.5 Å². The van der Waals surface area contributed by atoms with Gasteiger partial charge in [0, 0.05) is 6.04 Å². The van der Waals surface area contributed by atoms with Crippen LogP contribution in [0.4, 0.5) is 0 Å². The summed E-state index contributed by atoms with van der Waals surface area (Å²) in [7, 11) is 0. The molecule has 2 bridgehead atoms. The standard InChI is InChI=1S/C16H19NO3/c18-16(17-12-8-10-5-6-11(12)7-10)15-9-19-13-3-1-2-4-14(13)20-15/h1-4,10-12,15H,5-9H2,(H,17,18)/t10-,11-,12-,15-/m0/s1. The van der Waals surface area contributed by atoms with Crippen LogP contribution in [0.15, 0.2) is 24.3 Å². The lowest BCUT2D eigenvalue weighted by Crippen LogP contribution is -2.49. The van der Waals surface area contributed by atoms with Crippen LogP contribution in [0.25, 0.3) is 0 Å². The second kappa shape index (κ2) is 4.69. The van der Waals surface area contributed by atoms with E-state index in [1.54, 1.807) is 0 Å². The summed E-state index contributed by atoms with van der Waals surface area (Å²) < 4.78 is 11.3. The molecule has 2 fully saturated rings. The van der Waals surface area contributed by atoms with Gasteiger partial charge < -0.3 is 14.8 Å². The van der Waals surface area contributed by atoms with Crippen LogP contribution in [0.1, 0.15) is 25.7 Å². The van der Waals surface area contributed by atoms with Crippen molar-refractivity contribution in [3.63, 3.8) is 0 Å². The van der Waals surface area contributed by atoms with Gasteiger partial charge in [-0.15, -0.1) is 0 Å². The predicted octanol–water partition coefficient (Wildman–Crippen LogP) is 2.13. The van der Waals surface area contributed by atoms with Crippen LogP contribution in [0.2, 0.25) is 0 Å². The largest absolute Gasteiger partial charge is 0.485 e. The number of fused-ring (bicyclic) bond motifs is 3. The molecule has 4 heteroatoms. The Hall–Kier alpha value is -1.71. The van der Waals surface area contributed by atoms with Gasteiger partial charge in [-0.1, -0.05) is 18.6 Å². The molecule has 106 valence electrons. The molecule has 1 aliphatic heterocycles. The summed E-state index contributed by atoms with van der Waals surface area (Å²) in [6.07, 6.45) is 4.51. The molecule has 2 saturated carbocycles. The first kappa shape index (κ1) is 12.1. The van der Waals surface area contributed by atoms with Crippen LogP contribution in [-0.2, 0) is 4.79 Å².